The van der Waals surface area contributed by atoms with Gasteiger partial charge in [0.15, 0.2) is 5.76 Å². The molecule has 4 aromatic carbocycles. The Morgan fingerprint density at radius 2 is 1.63 bits per heavy atom. The highest BCUT2D eigenvalue weighted by molar-refractivity contribution is 6.08. The summed E-state index contributed by atoms with van der Waals surface area (Å²) in [6.45, 7) is 3.61. The average molecular weight is 582 g/mol. The molecule has 0 N–H and O–H groups in total. The molecule has 0 atom stereocenters. The van der Waals surface area contributed by atoms with Gasteiger partial charge in [-0.2, -0.15) is 0 Å². The first-order chi connectivity index (χ1) is 20.6. The third kappa shape index (κ3) is 5.59. The van der Waals surface area contributed by atoms with E-state index in [1.807, 2.05) is 73.7 Å². The molecule has 0 bridgehead atoms. The lowest BCUT2D eigenvalue weighted by atomic mass is 9.89. The third-order valence-corrected chi connectivity index (χ3v) is 8.42. The van der Waals surface area contributed by atoms with Crippen LogP contribution < -0.4 is 0 Å². The van der Waals surface area contributed by atoms with Crippen molar-refractivity contribution < 1.29 is 27.2 Å². The summed E-state index contributed by atoms with van der Waals surface area (Å²) < 4.78 is 46.5. The first-order valence-corrected chi connectivity index (χ1v) is 14.2. The van der Waals surface area contributed by atoms with Gasteiger partial charge in [0.25, 0.3) is 12.3 Å². The van der Waals surface area contributed by atoms with E-state index in [9.17, 15) is 22.8 Å². The fraction of sp³-hybridized carbons (Fsp3) is 0.222. The van der Waals surface area contributed by atoms with E-state index in [1.165, 1.54) is 24.3 Å². The lowest BCUT2D eigenvalue weighted by molar-refractivity contribution is -0.119. The summed E-state index contributed by atoms with van der Waals surface area (Å²) in [7, 11) is 0. The van der Waals surface area contributed by atoms with Crippen LogP contribution in [0, 0.1) is 12.7 Å². The highest BCUT2D eigenvalue weighted by Crippen LogP contribution is 2.49. The summed E-state index contributed by atoms with van der Waals surface area (Å²) in [5.74, 6) is -0.789. The number of fused-ring (bicyclic) bond motifs is 1. The highest BCUT2D eigenvalue weighted by Gasteiger charge is 2.49. The lowest BCUT2D eigenvalue weighted by Gasteiger charge is -2.24. The molecule has 1 saturated carbocycles. The van der Waals surface area contributed by atoms with Crippen molar-refractivity contribution in [2.75, 3.05) is 0 Å². The molecule has 0 spiro atoms. The van der Waals surface area contributed by atoms with Crippen molar-refractivity contribution in [1.82, 2.24) is 4.90 Å². The molecule has 6 rings (SSSR count). The molecular weight excluding hydrogens is 551 g/mol. The Balaban J connectivity index is 1.32. The van der Waals surface area contributed by atoms with Crippen molar-refractivity contribution >= 4 is 22.5 Å². The number of carbonyl (C=O) groups is 2. The maximum Gasteiger partial charge on any atom is 0.295 e. The zero-order valence-electron chi connectivity index (χ0n) is 23.9. The molecule has 1 aromatic heterocycles. The van der Waals surface area contributed by atoms with Crippen molar-refractivity contribution in [1.29, 1.82) is 0 Å². The molecule has 0 radical (unpaired) electrons. The third-order valence-electron chi connectivity index (χ3n) is 8.42. The van der Waals surface area contributed by atoms with Crippen LogP contribution in [-0.4, -0.2) is 16.6 Å². The monoisotopic (exact) mass is 581 g/mol. The van der Waals surface area contributed by atoms with Gasteiger partial charge in [0.1, 0.15) is 17.4 Å². The number of hydrogen-bond acceptors (Lipinski definition) is 3. The summed E-state index contributed by atoms with van der Waals surface area (Å²) in [4.78, 5) is 28.0. The summed E-state index contributed by atoms with van der Waals surface area (Å²) in [5, 5.41) is 1.73. The van der Waals surface area contributed by atoms with E-state index < -0.39 is 23.4 Å². The van der Waals surface area contributed by atoms with Gasteiger partial charge in [-0.3, -0.25) is 9.59 Å². The molecule has 0 aliphatic heterocycles. The number of carbonyl (C=O) groups excluding carboxylic acids is 2. The second-order valence-electron chi connectivity index (χ2n) is 11.3. The molecule has 43 heavy (non-hydrogen) atoms. The van der Waals surface area contributed by atoms with Crippen molar-refractivity contribution in [2.45, 2.75) is 51.6 Å². The average Bonchev–Trinajstić information content (AvgIpc) is 3.68. The molecule has 1 fully saturated rings. The van der Waals surface area contributed by atoms with E-state index >= 15 is 0 Å². The number of halogens is 3. The molecular formula is C36H30F3NO3. The van der Waals surface area contributed by atoms with E-state index in [2.05, 4.69) is 0 Å². The number of benzene rings is 4. The summed E-state index contributed by atoms with van der Waals surface area (Å²) in [5.41, 5.74) is 3.70. The minimum absolute atomic E-state index is 0.00362. The zero-order valence-corrected chi connectivity index (χ0v) is 23.9. The van der Waals surface area contributed by atoms with Gasteiger partial charge in [0.2, 0.25) is 0 Å². The molecule has 1 aliphatic rings. The first kappa shape index (κ1) is 28.5. The predicted molar refractivity (Wildman–Crippen MR) is 159 cm³/mol. The zero-order chi connectivity index (χ0) is 30.3. The Kier molecular flexibility index (Phi) is 7.42. The predicted octanol–water partition coefficient (Wildman–Crippen LogP) is 8.95. The molecule has 218 valence electrons. The Morgan fingerprint density at radius 1 is 0.884 bits per heavy atom. The number of rotatable bonds is 9. The largest absolute Gasteiger partial charge is 0.458 e. The smallest absolute Gasteiger partial charge is 0.295 e. The summed E-state index contributed by atoms with van der Waals surface area (Å²) in [6.07, 6.45) is -1.31. The van der Waals surface area contributed by atoms with Crippen LogP contribution in [0.15, 0.2) is 95.4 Å². The van der Waals surface area contributed by atoms with E-state index in [-0.39, 0.29) is 30.5 Å². The summed E-state index contributed by atoms with van der Waals surface area (Å²) >= 11 is 0. The Bertz CT molecular complexity index is 1840. The molecule has 0 unspecified atom stereocenters. The Morgan fingerprint density at radius 3 is 2.30 bits per heavy atom. The molecule has 7 heteroatoms. The number of Topliss-reactive ketones (excluding diaryl/α,β-unsaturated/α-hetero) is 1. The van der Waals surface area contributed by atoms with Crippen LogP contribution in [0.25, 0.3) is 21.9 Å². The maximum atomic E-state index is 14.6. The molecule has 4 nitrogen and oxygen atoms in total. The number of amides is 1. The van der Waals surface area contributed by atoms with Gasteiger partial charge < -0.3 is 9.32 Å². The fourth-order valence-electron chi connectivity index (χ4n) is 5.83. The molecule has 0 saturated heterocycles. The number of aryl methyl sites for hydroxylation is 1. The highest BCUT2D eigenvalue weighted by atomic mass is 19.3. The van der Waals surface area contributed by atoms with Crippen LogP contribution in [0.4, 0.5) is 13.2 Å². The van der Waals surface area contributed by atoms with E-state index in [1.54, 1.807) is 11.8 Å². The van der Waals surface area contributed by atoms with E-state index in [4.69, 9.17) is 4.42 Å². The van der Waals surface area contributed by atoms with E-state index in [0.717, 1.165) is 40.3 Å². The quantitative estimate of drug-likeness (QED) is 0.175. The van der Waals surface area contributed by atoms with Crippen molar-refractivity contribution in [3.63, 3.8) is 0 Å². The van der Waals surface area contributed by atoms with Crippen LogP contribution >= 0.6 is 0 Å². The SMILES string of the molecule is CC(=O)C1(c2cc(F)cc(-c3ccc(CN(Cc4ccc(C(F)F)o4)C(=O)c4c(C)ccc5ccccc45)cc3)c2)CC1. The Labute approximate surface area is 247 Å². The van der Waals surface area contributed by atoms with Crippen LogP contribution in [0.2, 0.25) is 0 Å². The summed E-state index contributed by atoms with van der Waals surface area (Å²) in [6, 6.07) is 26.4. The topological polar surface area (TPSA) is 50.5 Å². The normalized spacial score (nSPS) is 13.8. The minimum Gasteiger partial charge on any atom is -0.458 e. The number of alkyl halides is 2. The minimum atomic E-state index is -2.75. The van der Waals surface area contributed by atoms with Crippen molar-refractivity contribution in [3.8, 4) is 11.1 Å². The van der Waals surface area contributed by atoms with Gasteiger partial charge in [-0.05, 0) is 95.6 Å². The van der Waals surface area contributed by atoms with Crippen LogP contribution in [-0.2, 0) is 23.3 Å². The molecule has 1 amide bonds. The number of nitrogens with zero attached hydrogens (tertiary/aromatic N) is 1. The van der Waals surface area contributed by atoms with Gasteiger partial charge in [0.05, 0.1) is 17.5 Å². The van der Waals surface area contributed by atoms with Crippen LogP contribution in [0.5, 0.6) is 0 Å². The molecule has 5 aromatic rings. The van der Waals surface area contributed by atoms with Crippen LogP contribution in [0.1, 0.15) is 64.8 Å². The van der Waals surface area contributed by atoms with Gasteiger partial charge in [-0.25, -0.2) is 13.2 Å². The van der Waals surface area contributed by atoms with Crippen molar-refractivity contribution in [2.24, 2.45) is 0 Å². The standard InChI is InChI=1S/C36H30F3NO3/c1-22-7-10-26-5-3-4-6-31(26)33(22)35(42)40(21-30-13-14-32(43-30)34(38)39)20-24-8-11-25(12-9-24)27-17-28(19-29(37)18-27)36(15-16-36)23(2)41/h3-14,17-19,34H,15-16,20-21H2,1-2H3. The fourth-order valence-corrected chi connectivity index (χ4v) is 5.83. The van der Waals surface area contributed by atoms with Gasteiger partial charge in [-0.15, -0.1) is 0 Å². The Hall–Kier alpha value is -4.65. The van der Waals surface area contributed by atoms with E-state index in [0.29, 0.717) is 16.7 Å². The first-order valence-electron chi connectivity index (χ1n) is 14.2. The molecule has 1 heterocycles. The van der Waals surface area contributed by atoms with Gasteiger partial charge >= 0.3 is 0 Å². The number of ketones is 1. The number of hydrogen-bond donors (Lipinski definition) is 0. The molecule has 1 aliphatic carbocycles. The van der Waals surface area contributed by atoms with Gasteiger partial charge in [0, 0.05) is 6.54 Å². The van der Waals surface area contributed by atoms with Gasteiger partial charge in [-0.1, -0.05) is 60.7 Å². The number of furan rings is 1. The lowest BCUT2D eigenvalue weighted by Crippen LogP contribution is -2.30. The maximum absolute atomic E-state index is 14.6. The second kappa shape index (κ2) is 11.2. The van der Waals surface area contributed by atoms with Crippen molar-refractivity contribution in [3.05, 3.63) is 131 Å². The van der Waals surface area contributed by atoms with Crippen LogP contribution in [0.3, 0.4) is 0 Å². The second-order valence-corrected chi connectivity index (χ2v) is 11.3.